The summed E-state index contributed by atoms with van der Waals surface area (Å²) in [6, 6.07) is 5.10. The number of benzene rings is 2. The molecule has 30 nitrogen and oxygen atoms in total. The van der Waals surface area contributed by atoms with Gasteiger partial charge in [-0.3, -0.25) is 0 Å². The lowest BCUT2D eigenvalue weighted by molar-refractivity contribution is 0.0676. The monoisotopic (exact) mass is 1020 g/mol. The Labute approximate surface area is 400 Å². The lowest BCUT2D eigenvalue weighted by atomic mass is 10.1. The van der Waals surface area contributed by atoms with Crippen molar-refractivity contribution in [2.75, 3.05) is 11.5 Å². The van der Waals surface area contributed by atoms with Crippen molar-refractivity contribution in [3.8, 4) is 29.3 Å². The summed E-state index contributed by atoms with van der Waals surface area (Å²) in [7, 11) is -6.81. The van der Waals surface area contributed by atoms with Crippen molar-refractivity contribution in [3.05, 3.63) is 82.4 Å². The third kappa shape index (κ3) is 10.3. The summed E-state index contributed by atoms with van der Waals surface area (Å²) in [4.78, 5) is 58.8. The molecule has 0 saturated heterocycles. The summed E-state index contributed by atoms with van der Waals surface area (Å²) < 4.78 is 53.1. The number of unbranched alkanes of at least 4 members (excludes halogenated alkanes) is 2. The summed E-state index contributed by atoms with van der Waals surface area (Å²) in [5.74, 6) is -8.28. The van der Waals surface area contributed by atoms with Crippen LogP contribution in [0.2, 0.25) is 0 Å². The fourth-order valence-electron chi connectivity index (χ4n) is 6.67. The Kier molecular flexibility index (Phi) is 14.3. The highest BCUT2D eigenvalue weighted by molar-refractivity contribution is 7.72. The largest absolute Gasteiger partial charge is 0.479 e. The van der Waals surface area contributed by atoms with Crippen molar-refractivity contribution in [1.29, 1.82) is 0 Å². The number of aromatic carboxylic acids is 4. The zero-order valence-corrected chi connectivity index (χ0v) is 38.4. The first kappa shape index (κ1) is 49.6. The van der Waals surface area contributed by atoms with Gasteiger partial charge in [0.25, 0.3) is 11.9 Å². The van der Waals surface area contributed by atoms with Crippen LogP contribution in [-0.2, 0) is 34.2 Å². The molecule has 0 amide bonds. The lowest BCUT2D eigenvalue weighted by Gasteiger charge is -2.07. The van der Waals surface area contributed by atoms with Gasteiger partial charge in [-0.15, -0.1) is 20.5 Å². The predicted octanol–water partition coefficient (Wildman–Crippen LogP) is 3.73. The molecule has 0 atom stereocenters. The van der Waals surface area contributed by atoms with Crippen LogP contribution >= 0.6 is 0 Å². The highest BCUT2D eigenvalue weighted by Gasteiger charge is 2.26. The van der Waals surface area contributed by atoms with Crippen LogP contribution in [0, 0.1) is 0 Å². The number of carbonyl (C=O) groups is 4. The summed E-state index contributed by atoms with van der Waals surface area (Å²) in [6.45, 7) is 3.77. The normalized spacial score (nSPS) is 11.7. The van der Waals surface area contributed by atoms with Gasteiger partial charge in [0.2, 0.25) is 0 Å². The van der Waals surface area contributed by atoms with Crippen molar-refractivity contribution in [2.45, 2.75) is 62.2 Å². The van der Waals surface area contributed by atoms with Gasteiger partial charge >= 0.3 is 29.9 Å². The van der Waals surface area contributed by atoms with E-state index >= 15 is 0 Å². The molecule has 5 aromatic heterocycles. The molecule has 7 aromatic rings. The molecule has 0 fully saturated rings. The molecule has 71 heavy (non-hydrogen) atoms. The van der Waals surface area contributed by atoms with E-state index in [1.807, 2.05) is 13.8 Å². The van der Waals surface area contributed by atoms with Gasteiger partial charge in [0.1, 0.15) is 9.79 Å². The second-order valence-corrected chi connectivity index (χ2v) is 16.8. The van der Waals surface area contributed by atoms with Gasteiger partial charge in [-0.05, 0) is 62.1 Å². The van der Waals surface area contributed by atoms with Gasteiger partial charge < -0.3 is 37.0 Å². The van der Waals surface area contributed by atoms with Gasteiger partial charge in [-0.2, -0.15) is 44.7 Å². The van der Waals surface area contributed by atoms with E-state index in [0.717, 1.165) is 67.5 Å². The standard InChI is InChI=1S/C39H37N17O13S2/c1-3-5-7-23-27(47-49-31-25(70(66)67)15-42-53(31)21-11-17(33(57)58)9-18(12-21)34(59)60)29(40)55(51-23)37-44-38(46-39(65)45-37)56-30(41)28(24(52-56)8-6-4-2)48-50-32-26(71(68)69)16-43-54(32)22-13-19(35(61)62)10-20(14-22)36(63)64/h9-16,70-71H,3-8,40-41H2,1-2H3,(H,57,58)(H,59,60)(H,61,62)(H,63,64)(H,44,45,46,65). The van der Waals surface area contributed by atoms with Crippen LogP contribution in [0.3, 0.4) is 0 Å². The molecule has 2 aromatic carbocycles. The number of aromatic hydroxyl groups is 1. The number of nitrogen functional groups attached to an aromatic ring is 2. The number of hydrogen-bond donors (Lipinski definition) is 9. The average Bonchev–Trinajstić information content (AvgIpc) is 4.11. The molecule has 0 bridgehead atoms. The zero-order chi connectivity index (χ0) is 51.4. The maximum atomic E-state index is 12.3. The number of hydrogen-bond acceptors (Lipinski definition) is 22. The smallest absolute Gasteiger partial charge is 0.335 e. The van der Waals surface area contributed by atoms with Crippen molar-refractivity contribution in [3.63, 3.8) is 0 Å². The molecule has 9 N–H and O–H groups in total. The van der Waals surface area contributed by atoms with Crippen molar-refractivity contribution in [2.24, 2.45) is 20.5 Å². The molecule has 0 spiro atoms. The van der Waals surface area contributed by atoms with Gasteiger partial charge in [-0.1, -0.05) is 26.7 Å². The molecule has 368 valence electrons. The van der Waals surface area contributed by atoms with E-state index in [1.165, 1.54) is 0 Å². The number of nitrogens with two attached hydrogens (primary N) is 2. The first-order chi connectivity index (χ1) is 33.8. The van der Waals surface area contributed by atoms with Crippen molar-refractivity contribution >= 4 is 79.9 Å². The number of azo groups is 2. The maximum absolute atomic E-state index is 12.3. The Morgan fingerprint density at radius 1 is 0.549 bits per heavy atom. The van der Waals surface area contributed by atoms with E-state index in [1.54, 1.807) is 0 Å². The Morgan fingerprint density at radius 3 is 1.21 bits per heavy atom. The van der Waals surface area contributed by atoms with Gasteiger partial charge in [0, 0.05) is 0 Å². The van der Waals surface area contributed by atoms with Gasteiger partial charge in [0.05, 0.1) is 57.4 Å². The second-order valence-electron chi connectivity index (χ2n) is 14.8. The van der Waals surface area contributed by atoms with Gasteiger partial charge in [0.15, 0.2) is 56.1 Å². The zero-order valence-electron chi connectivity index (χ0n) is 36.6. The highest BCUT2D eigenvalue weighted by Crippen LogP contribution is 2.36. The van der Waals surface area contributed by atoms with Crippen LogP contribution in [0.25, 0.3) is 23.3 Å². The second kappa shape index (κ2) is 20.5. The molecular weight excluding hydrogens is 979 g/mol. The van der Waals surface area contributed by atoms with Crippen LogP contribution < -0.4 is 11.5 Å². The molecule has 0 aliphatic carbocycles. The SMILES string of the molecule is CCCCc1nn(-c2nc(O)nc(-n3nc(CCCC)c(N=Nc4c([SH](=O)=O)cnn4-c4cc(C(=O)O)cc(C(=O)O)c4)c3N)n2)c(N)c1N=Nc1c([SH](=O)=O)cnn1-c1cc(C(=O)O)cc(C(=O)O)c1. The third-order valence-corrected chi connectivity index (χ3v) is 11.5. The van der Waals surface area contributed by atoms with Crippen LogP contribution in [-0.4, -0.2) is 120 Å². The minimum Gasteiger partial charge on any atom is -0.479 e. The predicted molar refractivity (Wildman–Crippen MR) is 242 cm³/mol. The Bertz CT molecular complexity index is 3230. The molecule has 0 radical (unpaired) electrons. The van der Waals surface area contributed by atoms with Crippen molar-refractivity contribution < 1.29 is 61.5 Å². The summed E-state index contributed by atoms with van der Waals surface area (Å²) >= 11 is 0. The van der Waals surface area contributed by atoms with Gasteiger partial charge in [-0.25, -0.2) is 45.4 Å². The molecule has 0 saturated carbocycles. The summed E-state index contributed by atoms with van der Waals surface area (Å²) in [6.07, 6.45) is 4.58. The van der Waals surface area contributed by atoms with E-state index in [4.69, 9.17) is 11.5 Å². The quantitative estimate of drug-likeness (QED) is 0.0388. The maximum Gasteiger partial charge on any atom is 0.335 e. The van der Waals surface area contributed by atoms with E-state index in [2.05, 4.69) is 55.8 Å². The molecular formula is C39H37N17O13S2. The Hall–Kier alpha value is -9.33. The third-order valence-electron chi connectivity index (χ3n) is 10.1. The minimum atomic E-state index is -3.40. The highest BCUT2D eigenvalue weighted by atomic mass is 32.2. The Morgan fingerprint density at radius 2 is 0.901 bits per heavy atom. The number of anilines is 2. The number of rotatable bonds is 20. The summed E-state index contributed by atoms with van der Waals surface area (Å²) in [5, 5.41) is 83.1. The number of carboxylic acid groups (broad SMARTS) is 4. The molecule has 0 aliphatic rings. The van der Waals surface area contributed by atoms with E-state index in [0.29, 0.717) is 25.7 Å². The van der Waals surface area contributed by atoms with Crippen LogP contribution in [0.15, 0.2) is 79.0 Å². The average molecular weight is 1020 g/mol. The fraction of sp³-hybridized carbons (Fsp3) is 0.205. The van der Waals surface area contributed by atoms with Crippen LogP contribution in [0.1, 0.15) is 92.4 Å². The first-order valence-corrected chi connectivity index (χ1v) is 22.9. The van der Waals surface area contributed by atoms with Crippen LogP contribution in [0.5, 0.6) is 6.01 Å². The lowest BCUT2D eigenvalue weighted by Crippen LogP contribution is -2.13. The molecule has 7 rings (SSSR count). The van der Waals surface area contributed by atoms with E-state index in [9.17, 15) is 61.5 Å². The number of carboxylic acids is 4. The van der Waals surface area contributed by atoms with Crippen LogP contribution in [0.4, 0.5) is 34.6 Å². The number of aromatic nitrogens is 11. The molecule has 5 heterocycles. The summed E-state index contributed by atoms with van der Waals surface area (Å²) in [5.41, 5.74) is 11.1. The topological polar surface area (TPSA) is 449 Å². The van der Waals surface area contributed by atoms with E-state index < -0.39 is 107 Å². The number of aryl methyl sites for hydroxylation is 2. The first-order valence-electron chi connectivity index (χ1n) is 20.5. The number of thiol groups is 2. The fourth-order valence-corrected chi connectivity index (χ4v) is 7.56. The number of nitrogens with zero attached hydrogens (tertiary/aromatic N) is 15. The van der Waals surface area contributed by atoms with Crippen molar-refractivity contribution in [1.82, 2.24) is 54.1 Å². The van der Waals surface area contributed by atoms with E-state index in [-0.39, 0.29) is 58.6 Å². The Balaban J connectivity index is 1.32. The molecule has 0 unspecified atom stereocenters. The molecule has 0 aliphatic heterocycles. The molecule has 32 heteroatoms. The minimum absolute atomic E-state index is 0.124.